The summed E-state index contributed by atoms with van der Waals surface area (Å²) >= 11 is 0. The quantitative estimate of drug-likeness (QED) is 0.790. The molecular formula is C14H27N3. The third-order valence-electron chi connectivity index (χ3n) is 3.15. The van der Waals surface area contributed by atoms with Crippen molar-refractivity contribution in [3.63, 3.8) is 0 Å². The number of hydrogen-bond donors (Lipinski definition) is 1. The summed E-state index contributed by atoms with van der Waals surface area (Å²) in [6, 6.07) is 2.72. The standard InChI is InChI=1S/C14H27N3/c1-6-11-17-13(7-9-16-17)14(4,5)8-10-15-12(2)3/h7,9,12,15H,6,8,10-11H2,1-5H3. The molecule has 0 aromatic carbocycles. The SMILES string of the molecule is CCCn1nccc1C(C)(C)CCNC(C)C. The summed E-state index contributed by atoms with van der Waals surface area (Å²) in [4.78, 5) is 0. The van der Waals surface area contributed by atoms with Crippen molar-refractivity contribution in [3.05, 3.63) is 18.0 Å². The smallest absolute Gasteiger partial charge is 0.0492 e. The zero-order valence-corrected chi connectivity index (χ0v) is 12.0. The molecule has 0 aliphatic heterocycles. The summed E-state index contributed by atoms with van der Waals surface area (Å²) in [5.41, 5.74) is 1.54. The average molecular weight is 237 g/mol. The molecule has 3 nitrogen and oxygen atoms in total. The fourth-order valence-electron chi connectivity index (χ4n) is 2.10. The lowest BCUT2D eigenvalue weighted by Gasteiger charge is -2.26. The van der Waals surface area contributed by atoms with E-state index in [0.29, 0.717) is 6.04 Å². The molecule has 1 rings (SSSR count). The molecule has 0 radical (unpaired) electrons. The predicted octanol–water partition coefficient (Wildman–Crippen LogP) is 2.96. The predicted molar refractivity (Wildman–Crippen MR) is 73.3 cm³/mol. The van der Waals surface area contributed by atoms with Crippen LogP contribution in [0.25, 0.3) is 0 Å². The summed E-state index contributed by atoms with van der Waals surface area (Å²) in [6.07, 6.45) is 4.19. The molecular weight excluding hydrogens is 210 g/mol. The molecule has 0 bridgehead atoms. The van der Waals surface area contributed by atoms with Gasteiger partial charge in [0.15, 0.2) is 0 Å². The fourth-order valence-corrected chi connectivity index (χ4v) is 2.10. The van der Waals surface area contributed by atoms with E-state index < -0.39 is 0 Å². The molecule has 0 atom stereocenters. The van der Waals surface area contributed by atoms with E-state index in [-0.39, 0.29) is 5.41 Å². The number of nitrogens with one attached hydrogen (secondary N) is 1. The van der Waals surface area contributed by atoms with E-state index in [1.54, 1.807) is 0 Å². The highest BCUT2D eigenvalue weighted by molar-refractivity contribution is 5.13. The summed E-state index contributed by atoms with van der Waals surface area (Å²) in [7, 11) is 0. The Labute approximate surface area is 106 Å². The second kappa shape index (κ2) is 6.20. The van der Waals surface area contributed by atoms with Crippen molar-refractivity contribution in [2.24, 2.45) is 0 Å². The van der Waals surface area contributed by atoms with E-state index >= 15 is 0 Å². The Morgan fingerprint density at radius 3 is 2.71 bits per heavy atom. The van der Waals surface area contributed by atoms with Crippen LogP contribution in [0.2, 0.25) is 0 Å². The van der Waals surface area contributed by atoms with Crippen LogP contribution in [0.3, 0.4) is 0 Å². The first kappa shape index (κ1) is 14.2. The van der Waals surface area contributed by atoms with Crippen molar-refractivity contribution in [1.82, 2.24) is 15.1 Å². The molecule has 3 heteroatoms. The minimum Gasteiger partial charge on any atom is -0.314 e. The Hall–Kier alpha value is -0.830. The maximum absolute atomic E-state index is 4.41. The molecule has 17 heavy (non-hydrogen) atoms. The molecule has 0 spiro atoms. The molecule has 0 saturated heterocycles. The van der Waals surface area contributed by atoms with Crippen molar-refractivity contribution in [2.75, 3.05) is 6.54 Å². The van der Waals surface area contributed by atoms with E-state index in [1.165, 1.54) is 5.69 Å². The van der Waals surface area contributed by atoms with Crippen molar-refractivity contribution >= 4 is 0 Å². The van der Waals surface area contributed by atoms with E-state index in [9.17, 15) is 0 Å². The summed E-state index contributed by atoms with van der Waals surface area (Å²) in [5.74, 6) is 0. The van der Waals surface area contributed by atoms with Gasteiger partial charge in [-0.2, -0.15) is 5.10 Å². The maximum Gasteiger partial charge on any atom is 0.0492 e. The van der Waals surface area contributed by atoms with E-state index in [1.807, 2.05) is 6.20 Å². The molecule has 0 saturated carbocycles. The van der Waals surface area contributed by atoms with Crippen LogP contribution in [0.4, 0.5) is 0 Å². The topological polar surface area (TPSA) is 29.9 Å². The van der Waals surface area contributed by atoms with Crippen LogP contribution in [0, 0.1) is 0 Å². The zero-order valence-electron chi connectivity index (χ0n) is 12.0. The lowest BCUT2D eigenvalue weighted by Crippen LogP contribution is -2.31. The van der Waals surface area contributed by atoms with E-state index in [4.69, 9.17) is 0 Å². The number of nitrogens with zero attached hydrogens (tertiary/aromatic N) is 2. The lowest BCUT2D eigenvalue weighted by atomic mass is 9.85. The number of rotatable bonds is 7. The zero-order chi connectivity index (χ0) is 12.9. The van der Waals surface area contributed by atoms with Gasteiger partial charge in [0.1, 0.15) is 0 Å². The molecule has 1 heterocycles. The van der Waals surface area contributed by atoms with Gasteiger partial charge in [0, 0.05) is 29.9 Å². The normalized spacial score (nSPS) is 12.4. The van der Waals surface area contributed by atoms with E-state index in [0.717, 1.165) is 25.9 Å². The van der Waals surface area contributed by atoms with Crippen LogP contribution in [-0.4, -0.2) is 22.4 Å². The van der Waals surface area contributed by atoms with Crippen molar-refractivity contribution in [3.8, 4) is 0 Å². The van der Waals surface area contributed by atoms with Gasteiger partial charge >= 0.3 is 0 Å². The van der Waals surface area contributed by atoms with Crippen molar-refractivity contribution in [2.45, 2.75) is 65.5 Å². The van der Waals surface area contributed by atoms with E-state index in [2.05, 4.69) is 55.8 Å². The van der Waals surface area contributed by atoms with Crippen molar-refractivity contribution < 1.29 is 0 Å². The summed E-state index contributed by atoms with van der Waals surface area (Å²) in [5, 5.41) is 7.90. The monoisotopic (exact) mass is 237 g/mol. The first-order valence-corrected chi connectivity index (χ1v) is 6.73. The second-order valence-electron chi connectivity index (χ2n) is 5.68. The molecule has 1 N–H and O–H groups in total. The second-order valence-corrected chi connectivity index (χ2v) is 5.68. The highest BCUT2D eigenvalue weighted by Crippen LogP contribution is 2.26. The van der Waals surface area contributed by atoms with Gasteiger partial charge in [-0.15, -0.1) is 0 Å². The molecule has 1 aromatic rings. The number of aryl methyl sites for hydroxylation is 1. The number of hydrogen-bond acceptors (Lipinski definition) is 2. The van der Waals surface area contributed by atoms with Crippen LogP contribution >= 0.6 is 0 Å². The molecule has 0 aliphatic rings. The minimum absolute atomic E-state index is 0.188. The van der Waals surface area contributed by atoms with Gasteiger partial charge < -0.3 is 5.32 Å². The van der Waals surface area contributed by atoms with Crippen LogP contribution in [-0.2, 0) is 12.0 Å². The average Bonchev–Trinajstić information content (AvgIpc) is 2.66. The van der Waals surface area contributed by atoms with Crippen LogP contribution < -0.4 is 5.32 Å². The van der Waals surface area contributed by atoms with Gasteiger partial charge in [-0.1, -0.05) is 34.6 Å². The van der Waals surface area contributed by atoms with Gasteiger partial charge in [0.25, 0.3) is 0 Å². The Morgan fingerprint density at radius 1 is 1.41 bits per heavy atom. The molecule has 0 fully saturated rings. The highest BCUT2D eigenvalue weighted by atomic mass is 15.3. The summed E-state index contributed by atoms with van der Waals surface area (Å²) < 4.78 is 2.15. The van der Waals surface area contributed by atoms with Gasteiger partial charge in [-0.3, -0.25) is 4.68 Å². The molecule has 1 aromatic heterocycles. The van der Waals surface area contributed by atoms with Gasteiger partial charge in [-0.25, -0.2) is 0 Å². The Morgan fingerprint density at radius 2 is 2.12 bits per heavy atom. The maximum atomic E-state index is 4.41. The fraction of sp³-hybridized carbons (Fsp3) is 0.786. The van der Waals surface area contributed by atoms with Crippen molar-refractivity contribution in [1.29, 1.82) is 0 Å². The molecule has 0 amide bonds. The Kier molecular flexibility index (Phi) is 5.19. The lowest BCUT2D eigenvalue weighted by molar-refractivity contribution is 0.402. The number of aromatic nitrogens is 2. The van der Waals surface area contributed by atoms with Crippen LogP contribution in [0.5, 0.6) is 0 Å². The molecule has 0 aliphatic carbocycles. The first-order valence-electron chi connectivity index (χ1n) is 6.73. The molecule has 98 valence electrons. The Bertz CT molecular complexity index is 326. The highest BCUT2D eigenvalue weighted by Gasteiger charge is 2.24. The third kappa shape index (κ3) is 4.15. The van der Waals surface area contributed by atoms with Crippen LogP contribution in [0.1, 0.15) is 53.2 Å². The third-order valence-corrected chi connectivity index (χ3v) is 3.15. The summed E-state index contributed by atoms with van der Waals surface area (Å²) in [6.45, 7) is 13.3. The molecule has 0 unspecified atom stereocenters. The Balaban J connectivity index is 2.64. The van der Waals surface area contributed by atoms with Crippen LogP contribution in [0.15, 0.2) is 12.3 Å². The van der Waals surface area contributed by atoms with Gasteiger partial charge in [0.05, 0.1) is 0 Å². The first-order chi connectivity index (χ1) is 7.97. The largest absolute Gasteiger partial charge is 0.314 e. The minimum atomic E-state index is 0.188. The van der Waals surface area contributed by atoms with Gasteiger partial charge in [-0.05, 0) is 25.5 Å². The van der Waals surface area contributed by atoms with Gasteiger partial charge in [0.2, 0.25) is 0 Å².